The molecule has 0 aromatic heterocycles. The lowest BCUT2D eigenvalue weighted by molar-refractivity contribution is -0.178. The van der Waals surface area contributed by atoms with Crippen molar-refractivity contribution in [1.29, 1.82) is 0 Å². The van der Waals surface area contributed by atoms with Crippen molar-refractivity contribution in [2.45, 2.75) is 43.8 Å². The van der Waals surface area contributed by atoms with Crippen molar-refractivity contribution in [3.8, 4) is 0 Å². The van der Waals surface area contributed by atoms with E-state index < -0.39 is 11.6 Å². The van der Waals surface area contributed by atoms with E-state index in [1.165, 1.54) is 0 Å². The van der Waals surface area contributed by atoms with Gasteiger partial charge in [-0.2, -0.15) is 0 Å². The molecule has 0 bridgehead atoms. The molecule has 3 rings (SSSR count). The maximum Gasteiger partial charge on any atom is 0.343 e. The Hall–Kier alpha value is -1.39. The molecule has 0 radical (unpaired) electrons. The molecule has 1 heterocycles. The monoisotopic (exact) mass is 303 g/mol. The third kappa shape index (κ3) is 2.90. The minimum absolute atomic E-state index is 0.0402. The number of aliphatic hydroxyl groups is 1. The van der Waals surface area contributed by atoms with Crippen LogP contribution in [0, 0.1) is 5.92 Å². The van der Waals surface area contributed by atoms with Gasteiger partial charge in [0.05, 0.1) is 0 Å². The first kappa shape index (κ1) is 15.5. The lowest BCUT2D eigenvalue weighted by Crippen LogP contribution is -2.45. The highest BCUT2D eigenvalue weighted by Gasteiger charge is 2.48. The smallest absolute Gasteiger partial charge is 0.343 e. The fourth-order valence-electron chi connectivity index (χ4n) is 3.79. The number of benzene rings is 1. The molecule has 1 saturated carbocycles. The zero-order chi connectivity index (χ0) is 15.6. The summed E-state index contributed by atoms with van der Waals surface area (Å²) in [6, 6.07) is 9.30. The Morgan fingerprint density at radius 3 is 2.50 bits per heavy atom. The number of ether oxygens (including phenoxy) is 1. The van der Waals surface area contributed by atoms with Crippen molar-refractivity contribution in [2.24, 2.45) is 5.92 Å². The van der Waals surface area contributed by atoms with E-state index >= 15 is 0 Å². The number of nitrogens with zero attached hydrogens (tertiary/aromatic N) is 1. The molecule has 4 heteroatoms. The summed E-state index contributed by atoms with van der Waals surface area (Å²) in [5.74, 6) is -0.507. The molecule has 1 aliphatic carbocycles. The van der Waals surface area contributed by atoms with Crippen molar-refractivity contribution in [1.82, 2.24) is 4.90 Å². The average molecular weight is 303 g/mol. The van der Waals surface area contributed by atoms with Crippen molar-refractivity contribution in [3.05, 3.63) is 35.9 Å². The van der Waals surface area contributed by atoms with Crippen LogP contribution in [0.15, 0.2) is 30.3 Å². The number of hydrogen-bond donors (Lipinski definition) is 1. The Morgan fingerprint density at radius 2 is 1.91 bits per heavy atom. The summed E-state index contributed by atoms with van der Waals surface area (Å²) < 4.78 is 5.68. The van der Waals surface area contributed by atoms with Crippen molar-refractivity contribution in [2.75, 3.05) is 20.1 Å². The van der Waals surface area contributed by atoms with Crippen LogP contribution in [-0.2, 0) is 15.1 Å². The highest BCUT2D eigenvalue weighted by atomic mass is 16.6. The SMILES string of the molecule is CN1CCC(OC(=O)C(O)(c2ccccc2)C2CCCC2)C1. The molecule has 1 aromatic carbocycles. The van der Waals surface area contributed by atoms with E-state index in [2.05, 4.69) is 4.90 Å². The van der Waals surface area contributed by atoms with Gasteiger partial charge < -0.3 is 14.7 Å². The molecular weight excluding hydrogens is 278 g/mol. The number of likely N-dealkylation sites (tertiary alicyclic amines) is 1. The Balaban J connectivity index is 1.83. The minimum Gasteiger partial charge on any atom is -0.459 e. The van der Waals surface area contributed by atoms with Crippen LogP contribution in [0.2, 0.25) is 0 Å². The van der Waals surface area contributed by atoms with Crippen LogP contribution in [0.1, 0.15) is 37.7 Å². The maximum absolute atomic E-state index is 12.8. The summed E-state index contributed by atoms with van der Waals surface area (Å²) >= 11 is 0. The van der Waals surface area contributed by atoms with E-state index in [0.29, 0.717) is 5.56 Å². The highest BCUT2D eigenvalue weighted by Crippen LogP contribution is 2.41. The van der Waals surface area contributed by atoms with Gasteiger partial charge in [0.2, 0.25) is 0 Å². The first-order valence-electron chi connectivity index (χ1n) is 8.28. The third-order valence-electron chi connectivity index (χ3n) is 5.09. The van der Waals surface area contributed by atoms with Gasteiger partial charge in [0.1, 0.15) is 6.10 Å². The van der Waals surface area contributed by atoms with Crippen LogP contribution < -0.4 is 0 Å². The second-order valence-corrected chi connectivity index (χ2v) is 6.69. The molecule has 0 amide bonds. The van der Waals surface area contributed by atoms with E-state index in [9.17, 15) is 9.90 Å². The largest absolute Gasteiger partial charge is 0.459 e. The molecule has 4 nitrogen and oxygen atoms in total. The second-order valence-electron chi connectivity index (χ2n) is 6.69. The van der Waals surface area contributed by atoms with E-state index in [1.54, 1.807) is 0 Å². The highest BCUT2D eigenvalue weighted by molar-refractivity contribution is 5.81. The number of carbonyl (C=O) groups excluding carboxylic acids is 1. The molecule has 0 spiro atoms. The molecule has 2 fully saturated rings. The van der Waals surface area contributed by atoms with Gasteiger partial charge in [0.15, 0.2) is 5.60 Å². The summed E-state index contributed by atoms with van der Waals surface area (Å²) in [6.07, 6.45) is 4.64. The molecular formula is C18H25NO3. The van der Waals surface area contributed by atoms with Gasteiger partial charge in [0.25, 0.3) is 0 Å². The molecule has 120 valence electrons. The number of likely N-dealkylation sites (N-methyl/N-ethyl adjacent to an activating group) is 1. The summed E-state index contributed by atoms with van der Waals surface area (Å²) in [5, 5.41) is 11.3. The Labute approximate surface area is 132 Å². The quantitative estimate of drug-likeness (QED) is 0.867. The van der Waals surface area contributed by atoms with Crippen LogP contribution in [0.4, 0.5) is 0 Å². The van der Waals surface area contributed by atoms with E-state index in [4.69, 9.17) is 4.74 Å². The molecule has 1 N–H and O–H groups in total. The first-order valence-corrected chi connectivity index (χ1v) is 8.28. The summed E-state index contributed by atoms with van der Waals surface area (Å²) in [7, 11) is 2.02. The van der Waals surface area contributed by atoms with Crippen LogP contribution in [-0.4, -0.2) is 42.2 Å². The Kier molecular flexibility index (Phi) is 4.50. The van der Waals surface area contributed by atoms with Gasteiger partial charge >= 0.3 is 5.97 Å². The third-order valence-corrected chi connectivity index (χ3v) is 5.09. The second kappa shape index (κ2) is 6.39. The lowest BCUT2D eigenvalue weighted by atomic mass is 9.80. The van der Waals surface area contributed by atoms with E-state index in [-0.39, 0.29) is 12.0 Å². The molecule has 1 aliphatic heterocycles. The molecule has 1 saturated heterocycles. The number of rotatable bonds is 4. The predicted octanol–water partition coefficient (Wildman–Crippen LogP) is 2.31. The fourth-order valence-corrected chi connectivity index (χ4v) is 3.79. The van der Waals surface area contributed by atoms with Crippen LogP contribution in [0.5, 0.6) is 0 Å². The van der Waals surface area contributed by atoms with Crippen LogP contribution >= 0.6 is 0 Å². The fraction of sp³-hybridized carbons (Fsp3) is 0.611. The molecule has 2 aliphatic rings. The standard InChI is InChI=1S/C18H25NO3/c1-19-12-11-16(13-19)22-17(20)18(21,15-9-5-6-10-15)14-7-3-2-4-8-14/h2-4,7-8,15-16,21H,5-6,9-13H2,1H3. The maximum atomic E-state index is 12.8. The summed E-state index contributed by atoms with van der Waals surface area (Å²) in [5.41, 5.74) is -0.836. The van der Waals surface area contributed by atoms with Crippen molar-refractivity contribution >= 4 is 5.97 Å². The van der Waals surface area contributed by atoms with E-state index in [0.717, 1.165) is 45.2 Å². The van der Waals surface area contributed by atoms with Gasteiger partial charge in [-0.1, -0.05) is 43.2 Å². The van der Waals surface area contributed by atoms with Gasteiger partial charge in [-0.15, -0.1) is 0 Å². The summed E-state index contributed by atoms with van der Waals surface area (Å²) in [6.45, 7) is 1.69. The number of esters is 1. The van der Waals surface area contributed by atoms with Gasteiger partial charge in [-0.25, -0.2) is 4.79 Å². The van der Waals surface area contributed by atoms with Gasteiger partial charge in [-0.05, 0) is 31.9 Å². The normalized spacial score (nSPS) is 26.0. The first-order chi connectivity index (χ1) is 10.6. The molecule has 2 atom stereocenters. The van der Waals surface area contributed by atoms with Gasteiger partial charge in [-0.3, -0.25) is 0 Å². The predicted molar refractivity (Wildman–Crippen MR) is 84.3 cm³/mol. The van der Waals surface area contributed by atoms with E-state index in [1.807, 2.05) is 37.4 Å². The van der Waals surface area contributed by atoms with Gasteiger partial charge in [0, 0.05) is 19.0 Å². The number of hydrogen-bond acceptors (Lipinski definition) is 4. The summed E-state index contributed by atoms with van der Waals surface area (Å²) in [4.78, 5) is 15.0. The Morgan fingerprint density at radius 1 is 1.23 bits per heavy atom. The minimum atomic E-state index is -1.50. The number of carbonyl (C=O) groups is 1. The topological polar surface area (TPSA) is 49.8 Å². The van der Waals surface area contributed by atoms with Crippen molar-refractivity contribution < 1.29 is 14.6 Å². The lowest BCUT2D eigenvalue weighted by Gasteiger charge is -2.33. The van der Waals surface area contributed by atoms with Crippen LogP contribution in [0.3, 0.4) is 0 Å². The van der Waals surface area contributed by atoms with Crippen LogP contribution in [0.25, 0.3) is 0 Å². The zero-order valence-electron chi connectivity index (χ0n) is 13.2. The zero-order valence-corrected chi connectivity index (χ0v) is 13.2. The molecule has 2 unspecified atom stereocenters. The molecule has 22 heavy (non-hydrogen) atoms. The molecule has 1 aromatic rings. The van der Waals surface area contributed by atoms with Crippen molar-refractivity contribution in [3.63, 3.8) is 0 Å². The Bertz CT molecular complexity index is 512. The average Bonchev–Trinajstić information content (AvgIpc) is 3.19.